The predicted octanol–water partition coefficient (Wildman–Crippen LogP) is 8.80. The van der Waals surface area contributed by atoms with Crippen LogP contribution in [0.15, 0.2) is 85.0 Å². The highest BCUT2D eigenvalue weighted by Crippen LogP contribution is 2.37. The Morgan fingerprint density at radius 3 is 1.20 bits per heavy atom. The van der Waals surface area contributed by atoms with E-state index in [2.05, 4.69) is 24.3 Å². The van der Waals surface area contributed by atoms with Gasteiger partial charge in [-0.25, -0.2) is 0 Å². The highest BCUT2D eigenvalue weighted by atomic mass is 15.0. The van der Waals surface area contributed by atoms with E-state index in [0.29, 0.717) is 23.1 Å². The van der Waals surface area contributed by atoms with Crippen molar-refractivity contribution in [3.63, 3.8) is 0 Å². The quantitative estimate of drug-likeness (QED) is 0.132. The Labute approximate surface area is 234 Å². The van der Waals surface area contributed by atoms with E-state index in [1.54, 1.807) is 24.3 Å². The van der Waals surface area contributed by atoms with E-state index in [9.17, 15) is 0 Å². The lowest BCUT2D eigenvalue weighted by molar-refractivity contribution is 0.590. The van der Waals surface area contributed by atoms with Gasteiger partial charge in [0.25, 0.3) is 0 Å². The van der Waals surface area contributed by atoms with Crippen LogP contribution in [0.25, 0.3) is 43.6 Å². The largest absolute Gasteiger partial charge is 0.305 e. The molecule has 2 aromatic heterocycles. The van der Waals surface area contributed by atoms with Crippen LogP contribution in [0, 0.1) is 32.5 Å². The van der Waals surface area contributed by atoms with Gasteiger partial charge in [-0.2, -0.15) is 0 Å². The van der Waals surface area contributed by atoms with Gasteiger partial charge in [0.15, 0.2) is 0 Å². The van der Waals surface area contributed by atoms with Crippen LogP contribution in [0.1, 0.15) is 41.5 Å². The van der Waals surface area contributed by atoms with Gasteiger partial charge >= 0.3 is 0 Å². The molecule has 6 nitrogen and oxygen atoms in total. The van der Waals surface area contributed by atoms with Crippen LogP contribution in [0.2, 0.25) is 0 Å². The highest BCUT2D eigenvalue weighted by Gasteiger charge is 2.20. The van der Waals surface area contributed by atoms with E-state index >= 15 is 0 Å². The minimum Gasteiger partial charge on any atom is -0.305 e. The molecule has 3 aromatic carbocycles. The van der Waals surface area contributed by atoms with Crippen LogP contribution >= 0.6 is 0 Å². The predicted molar refractivity (Wildman–Crippen MR) is 171 cm³/mol. The first-order valence-corrected chi connectivity index (χ1v) is 13.5. The molecule has 2 heterocycles. The van der Waals surface area contributed by atoms with Crippen LogP contribution in [0.5, 0.6) is 0 Å². The summed E-state index contributed by atoms with van der Waals surface area (Å²) in [5, 5.41) is 38.8. The standard InChI is InChI=1S/C34H36N6/c1-33(2,3)29(35)15-17-31(37)39-25-13-9-7-11-21(25)23-20-28-24(19-27(23)39)22-12-8-10-14-26(22)40(28)32(38)18-16-30(36)34(4,5)6/h7-20,35-38H,1-6H3/b17-15-,18-16-,35-29?,36-30?,37-31?,38-32?. The van der Waals surface area contributed by atoms with E-state index in [4.69, 9.17) is 21.6 Å². The van der Waals surface area contributed by atoms with Crippen molar-refractivity contribution < 1.29 is 0 Å². The van der Waals surface area contributed by atoms with E-state index < -0.39 is 0 Å². The first-order valence-electron chi connectivity index (χ1n) is 13.5. The molecule has 40 heavy (non-hydrogen) atoms. The third-order valence-corrected chi connectivity index (χ3v) is 7.38. The Bertz CT molecular complexity index is 1780. The monoisotopic (exact) mass is 528 g/mol. The van der Waals surface area contributed by atoms with Crippen molar-refractivity contribution in [3.05, 3.63) is 85.0 Å². The van der Waals surface area contributed by atoms with E-state index in [1.165, 1.54) is 0 Å². The van der Waals surface area contributed by atoms with Crippen molar-refractivity contribution in [2.75, 3.05) is 0 Å². The minimum absolute atomic E-state index is 0.291. The minimum atomic E-state index is -0.296. The highest BCUT2D eigenvalue weighted by molar-refractivity contribution is 6.24. The molecule has 4 N–H and O–H groups in total. The topological polar surface area (TPSA) is 105 Å². The Morgan fingerprint density at radius 1 is 0.500 bits per heavy atom. The van der Waals surface area contributed by atoms with Crippen molar-refractivity contribution in [1.82, 2.24) is 9.13 Å². The van der Waals surface area contributed by atoms with Crippen molar-refractivity contribution in [3.8, 4) is 0 Å². The maximum Gasteiger partial charge on any atom is 0.129 e. The molecule has 0 amide bonds. The lowest BCUT2D eigenvalue weighted by atomic mass is 9.90. The molecule has 0 fully saturated rings. The molecule has 0 aliphatic rings. The number of hydrogen-bond acceptors (Lipinski definition) is 4. The fourth-order valence-electron chi connectivity index (χ4n) is 4.92. The van der Waals surface area contributed by atoms with Crippen molar-refractivity contribution in [2.24, 2.45) is 10.8 Å². The molecule has 0 spiro atoms. The molecule has 6 heteroatoms. The van der Waals surface area contributed by atoms with Crippen LogP contribution < -0.4 is 0 Å². The zero-order valence-electron chi connectivity index (χ0n) is 24.0. The molecule has 5 rings (SSSR count). The van der Waals surface area contributed by atoms with Gasteiger partial charge in [0.05, 0.1) is 22.1 Å². The fraction of sp³-hybridized carbons (Fsp3) is 0.235. The molecule has 0 aliphatic carbocycles. The van der Waals surface area contributed by atoms with Crippen molar-refractivity contribution >= 4 is 66.7 Å². The zero-order chi connectivity index (χ0) is 29.0. The van der Waals surface area contributed by atoms with Gasteiger partial charge < -0.3 is 10.8 Å². The second-order valence-electron chi connectivity index (χ2n) is 12.4. The normalized spacial score (nSPS) is 12.9. The number of benzene rings is 3. The molecule has 0 atom stereocenters. The zero-order valence-corrected chi connectivity index (χ0v) is 24.0. The van der Waals surface area contributed by atoms with Gasteiger partial charge in [-0.1, -0.05) is 77.9 Å². The summed E-state index contributed by atoms with van der Waals surface area (Å²) in [6.45, 7) is 12.0. The smallest absolute Gasteiger partial charge is 0.129 e. The summed E-state index contributed by atoms with van der Waals surface area (Å²) in [6.07, 6.45) is 6.85. The van der Waals surface area contributed by atoms with Crippen LogP contribution in [0.3, 0.4) is 0 Å². The van der Waals surface area contributed by atoms with Gasteiger partial charge in [-0.15, -0.1) is 0 Å². The third-order valence-electron chi connectivity index (χ3n) is 7.38. The molecule has 0 unspecified atom stereocenters. The summed E-state index contributed by atoms with van der Waals surface area (Å²) in [7, 11) is 0. The van der Waals surface area contributed by atoms with Gasteiger partial charge in [0.2, 0.25) is 0 Å². The second-order valence-corrected chi connectivity index (χ2v) is 12.4. The van der Waals surface area contributed by atoms with Crippen LogP contribution in [-0.2, 0) is 0 Å². The molecule has 0 radical (unpaired) electrons. The summed E-state index contributed by atoms with van der Waals surface area (Å²) in [5.74, 6) is 0.583. The first-order chi connectivity index (χ1) is 18.8. The summed E-state index contributed by atoms with van der Waals surface area (Å²) in [5.41, 5.74) is 4.00. The average Bonchev–Trinajstić information content (AvgIpc) is 3.40. The molecular formula is C34H36N6. The Hall–Kier alpha value is -4.58. The Balaban J connectivity index is 1.76. The van der Waals surface area contributed by atoms with E-state index in [-0.39, 0.29) is 10.8 Å². The summed E-state index contributed by atoms with van der Waals surface area (Å²) >= 11 is 0. The number of nitrogens with zero attached hydrogens (tertiary/aromatic N) is 2. The molecule has 5 aromatic rings. The molecular weight excluding hydrogens is 492 g/mol. The van der Waals surface area contributed by atoms with E-state index in [0.717, 1.165) is 43.6 Å². The maximum atomic E-state index is 9.01. The van der Waals surface area contributed by atoms with Gasteiger partial charge in [-0.3, -0.25) is 20.0 Å². The number of allylic oxidation sites excluding steroid dienone is 4. The summed E-state index contributed by atoms with van der Waals surface area (Å²) in [6, 6.07) is 20.4. The van der Waals surface area contributed by atoms with Gasteiger partial charge in [0, 0.05) is 43.8 Å². The Morgan fingerprint density at radius 2 is 0.850 bits per heavy atom. The second kappa shape index (κ2) is 9.56. The molecule has 0 bridgehead atoms. The first kappa shape index (κ1) is 27.0. The van der Waals surface area contributed by atoms with Gasteiger partial charge in [-0.05, 0) is 48.6 Å². The van der Waals surface area contributed by atoms with Crippen LogP contribution in [0.4, 0.5) is 0 Å². The summed E-state index contributed by atoms with van der Waals surface area (Å²) < 4.78 is 3.89. The van der Waals surface area contributed by atoms with Crippen LogP contribution in [-0.4, -0.2) is 32.2 Å². The van der Waals surface area contributed by atoms with E-state index in [1.807, 2.05) is 87.1 Å². The molecule has 0 saturated carbocycles. The number of hydrogen-bond donors (Lipinski definition) is 4. The van der Waals surface area contributed by atoms with Crippen molar-refractivity contribution in [2.45, 2.75) is 41.5 Å². The fourth-order valence-corrected chi connectivity index (χ4v) is 4.92. The maximum absolute atomic E-state index is 9.01. The molecule has 0 aliphatic heterocycles. The molecule has 0 saturated heterocycles. The summed E-state index contributed by atoms with van der Waals surface area (Å²) in [4.78, 5) is 0. The average molecular weight is 529 g/mol. The third kappa shape index (κ3) is 4.60. The number of nitrogens with one attached hydrogen (secondary N) is 4. The molecule has 202 valence electrons. The number of aromatic nitrogens is 2. The number of para-hydroxylation sites is 2. The lowest BCUT2D eigenvalue weighted by Gasteiger charge is -2.16. The number of fused-ring (bicyclic) bond motifs is 6. The van der Waals surface area contributed by atoms with Crippen molar-refractivity contribution in [1.29, 1.82) is 21.6 Å². The lowest BCUT2D eigenvalue weighted by Crippen LogP contribution is -2.17. The number of rotatable bonds is 4. The SMILES string of the molecule is CC(C)(C)C(=N)/C=C\C(=N)n1c2ccccc2c2cc3c(cc21)c1ccccc1n3C(=N)/C=C\C(=N)C(C)(C)C. The Kier molecular flexibility index (Phi) is 6.45. The van der Waals surface area contributed by atoms with Gasteiger partial charge in [0.1, 0.15) is 11.7 Å².